The molecule has 2 aromatic carbocycles. The second-order valence-electron chi connectivity index (χ2n) is 6.30. The second-order valence-corrected chi connectivity index (χ2v) is 8.34. The second kappa shape index (κ2) is 10.1. The zero-order valence-electron chi connectivity index (χ0n) is 17.5. The Balaban J connectivity index is 2.01. The molecule has 1 amide bonds. The minimum atomic E-state index is -3.84. The summed E-state index contributed by atoms with van der Waals surface area (Å²) in [5.41, 5.74) is 3.66. The Morgan fingerprint density at radius 2 is 1.67 bits per heavy atom. The van der Waals surface area contributed by atoms with Crippen molar-refractivity contribution in [1.82, 2.24) is 9.73 Å². The summed E-state index contributed by atoms with van der Waals surface area (Å²) in [6.45, 7) is 1.35. The van der Waals surface area contributed by atoms with E-state index >= 15 is 0 Å². The lowest BCUT2D eigenvalue weighted by Crippen LogP contribution is -2.36. The highest BCUT2D eigenvalue weighted by Gasteiger charge is 2.23. The van der Waals surface area contributed by atoms with E-state index in [0.29, 0.717) is 28.4 Å². The first-order valence-corrected chi connectivity index (χ1v) is 10.3. The van der Waals surface area contributed by atoms with Gasteiger partial charge in [0.05, 0.1) is 39.0 Å². The number of benzene rings is 2. The molecule has 0 atom stereocenters. The minimum absolute atomic E-state index is 0.0740. The lowest BCUT2D eigenvalue weighted by atomic mass is 10.2. The summed E-state index contributed by atoms with van der Waals surface area (Å²) in [5, 5.41) is 3.86. The number of hydrogen-bond donors (Lipinski definition) is 1. The van der Waals surface area contributed by atoms with Crippen molar-refractivity contribution in [1.29, 1.82) is 0 Å². The molecule has 30 heavy (non-hydrogen) atoms. The number of likely N-dealkylation sites (N-methyl/N-ethyl adjacent to an activating group) is 1. The topological polar surface area (TPSA) is 107 Å². The summed E-state index contributed by atoms with van der Waals surface area (Å²) in [7, 11) is 2.04. The van der Waals surface area contributed by atoms with E-state index in [1.54, 1.807) is 31.2 Å². The fourth-order valence-corrected chi connectivity index (χ4v) is 3.84. The highest BCUT2D eigenvalue weighted by molar-refractivity contribution is 7.89. The van der Waals surface area contributed by atoms with Crippen LogP contribution in [-0.2, 0) is 14.8 Å². The summed E-state index contributed by atoms with van der Waals surface area (Å²) in [4.78, 5) is 12.2. The molecule has 0 unspecified atom stereocenters. The van der Waals surface area contributed by atoms with Gasteiger partial charge in [0, 0.05) is 7.05 Å². The van der Waals surface area contributed by atoms with Crippen molar-refractivity contribution in [3.8, 4) is 17.2 Å². The first-order chi connectivity index (χ1) is 14.2. The number of rotatable bonds is 9. The van der Waals surface area contributed by atoms with Crippen LogP contribution in [0.15, 0.2) is 46.4 Å². The van der Waals surface area contributed by atoms with E-state index in [-0.39, 0.29) is 4.90 Å². The predicted octanol–water partition coefficient (Wildman–Crippen LogP) is 1.79. The first kappa shape index (κ1) is 23.2. The predicted molar refractivity (Wildman–Crippen MR) is 113 cm³/mol. The van der Waals surface area contributed by atoms with Crippen molar-refractivity contribution in [2.24, 2.45) is 5.10 Å². The Morgan fingerprint density at radius 1 is 1.03 bits per heavy atom. The van der Waals surface area contributed by atoms with Gasteiger partial charge in [0.15, 0.2) is 11.5 Å². The van der Waals surface area contributed by atoms with Crippen LogP contribution in [0.4, 0.5) is 0 Å². The van der Waals surface area contributed by atoms with Gasteiger partial charge in [-0.05, 0) is 54.4 Å². The number of methoxy groups -OCH3 is 3. The normalized spacial score (nSPS) is 11.5. The minimum Gasteiger partial charge on any atom is -0.496 e. The van der Waals surface area contributed by atoms with Crippen molar-refractivity contribution in [3.63, 3.8) is 0 Å². The van der Waals surface area contributed by atoms with E-state index in [2.05, 4.69) is 10.5 Å². The largest absolute Gasteiger partial charge is 0.496 e. The zero-order chi connectivity index (χ0) is 22.3. The first-order valence-electron chi connectivity index (χ1n) is 8.87. The van der Waals surface area contributed by atoms with Crippen molar-refractivity contribution in [3.05, 3.63) is 47.5 Å². The molecule has 0 bridgehead atoms. The van der Waals surface area contributed by atoms with E-state index in [9.17, 15) is 13.2 Å². The molecule has 1 N–H and O–H groups in total. The molecule has 0 fully saturated rings. The van der Waals surface area contributed by atoms with Crippen molar-refractivity contribution in [2.75, 3.05) is 34.9 Å². The Hall–Kier alpha value is -3.11. The molecule has 0 aliphatic heterocycles. The van der Waals surface area contributed by atoms with Gasteiger partial charge in [-0.2, -0.15) is 9.41 Å². The van der Waals surface area contributed by atoms with Gasteiger partial charge in [-0.15, -0.1) is 0 Å². The molecule has 0 radical (unpaired) electrons. The SMILES string of the molecule is COc1ccc(S(=O)(=O)N(C)CC(=O)N/N=C/c2ccc(OC)c(OC)c2)cc1C. The van der Waals surface area contributed by atoms with E-state index in [1.165, 1.54) is 46.7 Å². The van der Waals surface area contributed by atoms with Gasteiger partial charge in [0.2, 0.25) is 10.0 Å². The number of ether oxygens (including phenoxy) is 3. The Morgan fingerprint density at radius 3 is 2.27 bits per heavy atom. The number of aryl methyl sites for hydroxylation is 1. The molecular formula is C20H25N3O6S. The van der Waals surface area contributed by atoms with Gasteiger partial charge in [-0.1, -0.05) is 0 Å². The van der Waals surface area contributed by atoms with Crippen molar-refractivity contribution < 1.29 is 27.4 Å². The van der Waals surface area contributed by atoms with Crippen LogP contribution in [-0.4, -0.2) is 59.8 Å². The summed E-state index contributed by atoms with van der Waals surface area (Å²) in [5.74, 6) is 1.09. The van der Waals surface area contributed by atoms with Gasteiger partial charge in [0.1, 0.15) is 5.75 Å². The molecule has 0 heterocycles. The summed E-state index contributed by atoms with van der Waals surface area (Å²) < 4.78 is 41.8. The van der Waals surface area contributed by atoms with Crippen LogP contribution in [0.2, 0.25) is 0 Å². The molecule has 0 aromatic heterocycles. The smallest absolute Gasteiger partial charge is 0.255 e. The fourth-order valence-electron chi connectivity index (χ4n) is 2.63. The number of amides is 1. The van der Waals surface area contributed by atoms with Crippen LogP contribution in [0.25, 0.3) is 0 Å². The standard InChI is InChI=1S/C20H25N3O6S/c1-14-10-16(7-9-17(14)27-3)30(25,26)23(2)13-20(24)22-21-12-15-6-8-18(28-4)19(11-15)29-5/h6-12H,13H2,1-5H3,(H,22,24)/b21-12+. The van der Waals surface area contributed by atoms with Gasteiger partial charge in [-0.25, -0.2) is 13.8 Å². The van der Waals surface area contributed by atoms with Crippen LogP contribution in [0.3, 0.4) is 0 Å². The Labute approximate surface area is 176 Å². The average Bonchev–Trinajstić information content (AvgIpc) is 2.73. The summed E-state index contributed by atoms with van der Waals surface area (Å²) in [6, 6.07) is 9.64. The summed E-state index contributed by atoms with van der Waals surface area (Å²) in [6.07, 6.45) is 1.42. The van der Waals surface area contributed by atoms with Gasteiger partial charge in [-0.3, -0.25) is 4.79 Å². The van der Waals surface area contributed by atoms with E-state index in [0.717, 1.165) is 4.31 Å². The highest BCUT2D eigenvalue weighted by Crippen LogP contribution is 2.27. The number of nitrogens with one attached hydrogen (secondary N) is 1. The molecule has 0 spiro atoms. The van der Waals surface area contributed by atoms with Crippen molar-refractivity contribution >= 4 is 22.1 Å². The van der Waals surface area contributed by atoms with Crippen molar-refractivity contribution in [2.45, 2.75) is 11.8 Å². The third-order valence-electron chi connectivity index (χ3n) is 4.25. The molecule has 0 saturated heterocycles. The number of nitrogens with zero attached hydrogens (tertiary/aromatic N) is 2. The molecule has 0 aliphatic rings. The van der Waals surface area contributed by atoms with Crippen LogP contribution >= 0.6 is 0 Å². The number of carbonyl (C=O) groups excluding carboxylic acids is 1. The number of hydrogen-bond acceptors (Lipinski definition) is 7. The Kier molecular flexibility index (Phi) is 7.79. The number of sulfonamides is 1. The molecule has 9 nitrogen and oxygen atoms in total. The third-order valence-corrected chi connectivity index (χ3v) is 6.05. The average molecular weight is 436 g/mol. The number of carbonyl (C=O) groups is 1. The molecular weight excluding hydrogens is 410 g/mol. The maximum Gasteiger partial charge on any atom is 0.255 e. The van der Waals surface area contributed by atoms with E-state index in [4.69, 9.17) is 14.2 Å². The van der Waals surface area contributed by atoms with E-state index in [1.807, 2.05) is 0 Å². The Bertz CT molecular complexity index is 1040. The fraction of sp³-hybridized carbons (Fsp3) is 0.300. The maximum atomic E-state index is 12.7. The monoisotopic (exact) mass is 435 g/mol. The number of hydrazone groups is 1. The van der Waals surface area contributed by atoms with Crippen LogP contribution in [0.5, 0.6) is 17.2 Å². The highest BCUT2D eigenvalue weighted by atomic mass is 32.2. The molecule has 2 aromatic rings. The lowest BCUT2D eigenvalue weighted by Gasteiger charge is -2.17. The lowest BCUT2D eigenvalue weighted by molar-refractivity contribution is -0.121. The third kappa shape index (κ3) is 5.49. The molecule has 162 valence electrons. The maximum absolute atomic E-state index is 12.7. The van der Waals surface area contributed by atoms with Crippen LogP contribution < -0.4 is 19.6 Å². The van der Waals surface area contributed by atoms with Crippen LogP contribution in [0.1, 0.15) is 11.1 Å². The van der Waals surface area contributed by atoms with Gasteiger partial charge in [0.25, 0.3) is 5.91 Å². The quantitative estimate of drug-likeness (QED) is 0.475. The molecule has 0 saturated carbocycles. The van der Waals surface area contributed by atoms with Gasteiger partial charge >= 0.3 is 0 Å². The molecule has 10 heteroatoms. The molecule has 0 aliphatic carbocycles. The van der Waals surface area contributed by atoms with E-state index < -0.39 is 22.5 Å². The van der Waals surface area contributed by atoms with Gasteiger partial charge < -0.3 is 14.2 Å². The van der Waals surface area contributed by atoms with Crippen LogP contribution in [0, 0.1) is 6.92 Å². The zero-order valence-corrected chi connectivity index (χ0v) is 18.3. The molecule has 2 rings (SSSR count). The summed E-state index contributed by atoms with van der Waals surface area (Å²) >= 11 is 0.